The summed E-state index contributed by atoms with van der Waals surface area (Å²) in [5, 5.41) is 18.5. The number of rotatable bonds is 2. The van der Waals surface area contributed by atoms with Crippen LogP contribution in [0.5, 0.6) is 0 Å². The molecular weight excluding hydrogens is 232 g/mol. The van der Waals surface area contributed by atoms with Crippen LogP contribution in [0.2, 0.25) is 0 Å². The van der Waals surface area contributed by atoms with E-state index < -0.39 is 17.9 Å². The Kier molecular flexibility index (Phi) is 3.51. The van der Waals surface area contributed by atoms with Crippen LogP contribution < -0.4 is 0 Å². The van der Waals surface area contributed by atoms with E-state index in [0.717, 1.165) is 6.54 Å². The van der Waals surface area contributed by atoms with Gasteiger partial charge in [-0.15, -0.1) is 0 Å². The van der Waals surface area contributed by atoms with Crippen molar-refractivity contribution in [2.45, 2.75) is 19.1 Å². The van der Waals surface area contributed by atoms with Crippen LogP contribution in [-0.2, 0) is 9.53 Å². The first-order valence-electron chi connectivity index (χ1n) is 6.07. The van der Waals surface area contributed by atoms with Crippen LogP contribution in [0.4, 0.5) is 0 Å². The topological polar surface area (TPSA) is 80.4 Å². The van der Waals surface area contributed by atoms with Gasteiger partial charge in [-0.25, -0.2) is 0 Å². The first-order valence-corrected chi connectivity index (χ1v) is 6.07. The van der Waals surface area contributed by atoms with Crippen molar-refractivity contribution in [1.29, 1.82) is 10.5 Å². The normalized spacial score (nSPS) is 35.8. The van der Waals surface area contributed by atoms with Gasteiger partial charge in [0.15, 0.2) is 0 Å². The smallest absolute Gasteiger partial charge is 0.324 e. The van der Waals surface area contributed by atoms with Crippen molar-refractivity contribution in [3.8, 4) is 12.1 Å². The summed E-state index contributed by atoms with van der Waals surface area (Å²) in [6, 6.07) is 3.69. The molecule has 0 amide bonds. The highest BCUT2D eigenvalue weighted by Gasteiger charge is 2.56. The summed E-state index contributed by atoms with van der Waals surface area (Å²) in [5.74, 6) is -1.46. The zero-order valence-corrected chi connectivity index (χ0v) is 10.5. The molecular formula is C12H16N4O2. The lowest BCUT2D eigenvalue weighted by molar-refractivity contribution is -0.149. The molecule has 0 spiro atoms. The van der Waals surface area contributed by atoms with Crippen LogP contribution in [-0.4, -0.2) is 54.7 Å². The molecule has 2 heterocycles. The van der Waals surface area contributed by atoms with Crippen LogP contribution in [0.25, 0.3) is 0 Å². The van der Waals surface area contributed by atoms with Crippen molar-refractivity contribution in [3.63, 3.8) is 0 Å². The lowest BCUT2D eigenvalue weighted by Gasteiger charge is -2.24. The minimum absolute atomic E-state index is 0.144. The molecule has 18 heavy (non-hydrogen) atoms. The van der Waals surface area contributed by atoms with Gasteiger partial charge in [-0.05, 0) is 14.0 Å². The van der Waals surface area contributed by atoms with E-state index in [1.807, 2.05) is 16.8 Å². The van der Waals surface area contributed by atoms with Gasteiger partial charge in [0.05, 0.1) is 36.7 Å². The van der Waals surface area contributed by atoms with E-state index in [0.29, 0.717) is 13.2 Å². The Balaban J connectivity index is 2.31. The fraction of sp³-hybridized carbons (Fsp3) is 0.750. The Bertz CT molecular complexity index is 425. The Labute approximate surface area is 106 Å². The molecule has 0 aromatic rings. The Morgan fingerprint density at radius 1 is 1.33 bits per heavy atom. The molecule has 0 aromatic carbocycles. The quantitative estimate of drug-likeness (QED) is 0.629. The van der Waals surface area contributed by atoms with Crippen LogP contribution >= 0.6 is 0 Å². The molecule has 2 saturated heterocycles. The van der Waals surface area contributed by atoms with E-state index in [1.165, 1.54) is 0 Å². The fourth-order valence-corrected chi connectivity index (χ4v) is 2.97. The number of hydrogen-bond acceptors (Lipinski definition) is 6. The number of carbonyl (C=O) groups excluding carboxylic acids is 1. The van der Waals surface area contributed by atoms with Crippen molar-refractivity contribution in [1.82, 2.24) is 9.80 Å². The third-order valence-corrected chi connectivity index (χ3v) is 3.73. The zero-order valence-electron chi connectivity index (χ0n) is 10.5. The average molecular weight is 248 g/mol. The van der Waals surface area contributed by atoms with Gasteiger partial charge in [0.2, 0.25) is 0 Å². The second kappa shape index (κ2) is 4.93. The van der Waals surface area contributed by atoms with Gasteiger partial charge in [0.1, 0.15) is 6.04 Å². The Morgan fingerprint density at radius 3 is 2.56 bits per heavy atom. The van der Waals surface area contributed by atoms with Crippen LogP contribution in [0.1, 0.15) is 6.92 Å². The Hall–Kier alpha value is -1.63. The summed E-state index contributed by atoms with van der Waals surface area (Å²) in [4.78, 5) is 15.9. The number of hydrogen-bond donors (Lipinski definition) is 0. The maximum absolute atomic E-state index is 12.0. The molecule has 96 valence electrons. The fourth-order valence-electron chi connectivity index (χ4n) is 2.97. The molecule has 6 heteroatoms. The molecule has 0 saturated carbocycles. The monoisotopic (exact) mass is 248 g/mol. The predicted octanol–water partition coefficient (Wildman–Crippen LogP) is -0.215. The van der Waals surface area contributed by atoms with E-state index in [9.17, 15) is 15.3 Å². The Morgan fingerprint density at radius 2 is 2.00 bits per heavy atom. The number of carbonyl (C=O) groups is 1. The van der Waals surface area contributed by atoms with Gasteiger partial charge in [-0.1, -0.05) is 0 Å². The summed E-state index contributed by atoms with van der Waals surface area (Å²) in [6.07, 6.45) is -0.144. The molecule has 0 aromatic heterocycles. The summed E-state index contributed by atoms with van der Waals surface area (Å²) in [6.45, 7) is 3.53. The first kappa shape index (κ1) is 12.8. The molecule has 0 aliphatic carbocycles. The number of fused-ring (bicyclic) bond motifs is 1. The molecule has 2 aliphatic rings. The molecule has 0 unspecified atom stereocenters. The van der Waals surface area contributed by atoms with Crippen molar-refractivity contribution in [3.05, 3.63) is 0 Å². The minimum Gasteiger partial charge on any atom is -0.465 e. The van der Waals surface area contributed by atoms with Crippen LogP contribution in [0.3, 0.4) is 0 Å². The van der Waals surface area contributed by atoms with Gasteiger partial charge >= 0.3 is 5.97 Å². The third-order valence-electron chi connectivity index (χ3n) is 3.73. The van der Waals surface area contributed by atoms with Crippen molar-refractivity contribution in [2.75, 3.05) is 26.7 Å². The molecule has 0 radical (unpaired) electrons. The maximum atomic E-state index is 12.0. The summed E-state index contributed by atoms with van der Waals surface area (Å²) < 4.78 is 5.03. The van der Waals surface area contributed by atoms with E-state index in [4.69, 9.17) is 4.74 Å². The average Bonchev–Trinajstić information content (AvgIpc) is 2.87. The molecule has 4 atom stereocenters. The number of likely N-dealkylation sites (N-methyl/N-ethyl adjacent to an activating group) is 1. The lowest BCUT2D eigenvalue weighted by atomic mass is 9.91. The molecule has 0 N–H and O–H groups in total. The van der Waals surface area contributed by atoms with Gasteiger partial charge in [-0.2, -0.15) is 10.5 Å². The predicted molar refractivity (Wildman–Crippen MR) is 61.8 cm³/mol. The van der Waals surface area contributed by atoms with Crippen molar-refractivity contribution < 1.29 is 9.53 Å². The number of nitrogens with zero attached hydrogens (tertiary/aromatic N) is 4. The van der Waals surface area contributed by atoms with E-state index in [1.54, 1.807) is 6.92 Å². The van der Waals surface area contributed by atoms with Crippen molar-refractivity contribution in [2.24, 2.45) is 11.8 Å². The number of esters is 1. The van der Waals surface area contributed by atoms with Gasteiger partial charge < -0.3 is 4.74 Å². The maximum Gasteiger partial charge on any atom is 0.324 e. The zero-order chi connectivity index (χ0) is 13.3. The van der Waals surface area contributed by atoms with E-state index in [2.05, 4.69) is 12.1 Å². The second-order valence-electron chi connectivity index (χ2n) is 4.64. The summed E-state index contributed by atoms with van der Waals surface area (Å²) >= 11 is 0. The largest absolute Gasteiger partial charge is 0.465 e. The van der Waals surface area contributed by atoms with E-state index >= 15 is 0 Å². The van der Waals surface area contributed by atoms with Crippen LogP contribution in [0, 0.1) is 34.5 Å². The van der Waals surface area contributed by atoms with Gasteiger partial charge in [0.25, 0.3) is 0 Å². The number of ether oxygens (including phenoxy) is 1. The second-order valence-corrected chi connectivity index (χ2v) is 4.64. The minimum atomic E-state index is -0.609. The summed E-state index contributed by atoms with van der Waals surface area (Å²) in [7, 11) is 1.91. The number of nitriles is 2. The highest BCUT2D eigenvalue weighted by Crippen LogP contribution is 2.39. The van der Waals surface area contributed by atoms with Crippen molar-refractivity contribution >= 4 is 5.97 Å². The molecule has 2 rings (SSSR count). The summed E-state index contributed by atoms with van der Waals surface area (Å²) in [5.41, 5.74) is 0. The highest BCUT2D eigenvalue weighted by atomic mass is 16.5. The van der Waals surface area contributed by atoms with E-state index in [-0.39, 0.29) is 12.1 Å². The molecule has 2 aliphatic heterocycles. The highest BCUT2D eigenvalue weighted by molar-refractivity contribution is 5.77. The van der Waals surface area contributed by atoms with Gasteiger partial charge in [0, 0.05) is 13.1 Å². The SMILES string of the molecule is CCOC(=O)[C@@H]1[C@H](C#N)[C@@H](C#N)[C@H]2N(C)CCN12. The van der Waals surface area contributed by atoms with Crippen LogP contribution in [0.15, 0.2) is 0 Å². The first-order chi connectivity index (χ1) is 8.65. The molecule has 2 fully saturated rings. The van der Waals surface area contributed by atoms with Gasteiger partial charge in [-0.3, -0.25) is 14.6 Å². The third kappa shape index (κ3) is 1.74. The molecule has 6 nitrogen and oxygen atoms in total. The standard InChI is InChI=1S/C12H16N4O2/c1-3-18-12(17)10-8(6-13)9(7-14)11-15(2)4-5-16(10)11/h8-11H,3-5H2,1-2H3/t8-,9-,10+,11+/m1/s1. The lowest BCUT2D eigenvalue weighted by Crippen LogP contribution is -2.42. The molecule has 0 bridgehead atoms.